The minimum absolute atomic E-state index is 0.0968. The Hall–Kier alpha value is -3.54. The number of piperidine rings is 1. The van der Waals surface area contributed by atoms with Crippen molar-refractivity contribution < 1.29 is 9.59 Å². The Labute approximate surface area is 195 Å². The third kappa shape index (κ3) is 6.04. The first-order chi connectivity index (χ1) is 16.1. The molecule has 4 rings (SSSR count). The van der Waals surface area contributed by atoms with Crippen molar-refractivity contribution in [3.63, 3.8) is 0 Å². The summed E-state index contributed by atoms with van der Waals surface area (Å²) in [6.07, 6.45) is 4.76. The lowest BCUT2D eigenvalue weighted by Crippen LogP contribution is -2.39. The Morgan fingerprint density at radius 3 is 2.42 bits per heavy atom. The number of carbonyl (C=O) groups excluding carboxylic acids is 2. The molecule has 2 amide bonds. The van der Waals surface area contributed by atoms with Gasteiger partial charge in [-0.25, -0.2) is 9.97 Å². The third-order valence-electron chi connectivity index (χ3n) is 6.15. The van der Waals surface area contributed by atoms with Crippen LogP contribution in [0.1, 0.15) is 58.2 Å². The number of amides is 2. The van der Waals surface area contributed by atoms with Crippen LogP contribution in [0.3, 0.4) is 0 Å². The summed E-state index contributed by atoms with van der Waals surface area (Å²) in [4.78, 5) is 36.5. The van der Waals surface area contributed by atoms with Gasteiger partial charge in [-0.2, -0.15) is 0 Å². The molecule has 1 aliphatic rings. The highest BCUT2D eigenvalue weighted by Gasteiger charge is 2.27. The summed E-state index contributed by atoms with van der Waals surface area (Å²) in [7, 11) is 0. The molecule has 1 unspecified atom stereocenters. The number of benzene rings is 2. The van der Waals surface area contributed by atoms with E-state index in [2.05, 4.69) is 27.4 Å². The summed E-state index contributed by atoms with van der Waals surface area (Å²) in [5, 5.41) is 2.93. The van der Waals surface area contributed by atoms with Crippen LogP contribution in [-0.2, 0) is 17.8 Å². The van der Waals surface area contributed by atoms with E-state index in [0.717, 1.165) is 31.4 Å². The fourth-order valence-electron chi connectivity index (χ4n) is 4.25. The lowest BCUT2D eigenvalue weighted by molar-refractivity contribution is -0.132. The highest BCUT2D eigenvalue weighted by Crippen LogP contribution is 2.25. The van der Waals surface area contributed by atoms with E-state index in [0.29, 0.717) is 36.6 Å². The normalized spacial score (nSPS) is 15.8. The maximum absolute atomic E-state index is 12.8. The van der Waals surface area contributed by atoms with E-state index < -0.39 is 0 Å². The molecule has 6 nitrogen and oxygen atoms in total. The SMILES string of the molecule is Cc1nc(C2CCCN(C(=O)CCc3ccccc3)C2)ncc1C(=O)NCc1ccccc1. The van der Waals surface area contributed by atoms with Gasteiger partial charge in [0.1, 0.15) is 5.82 Å². The van der Waals surface area contributed by atoms with Crippen LogP contribution in [0.15, 0.2) is 66.9 Å². The molecule has 0 radical (unpaired) electrons. The van der Waals surface area contributed by atoms with Crippen LogP contribution >= 0.6 is 0 Å². The lowest BCUT2D eigenvalue weighted by atomic mass is 9.96. The van der Waals surface area contributed by atoms with Gasteiger partial charge in [0.15, 0.2) is 0 Å². The molecule has 2 aromatic carbocycles. The molecular formula is C27H30N4O2. The molecule has 3 aromatic rings. The molecule has 1 N–H and O–H groups in total. The zero-order valence-electron chi connectivity index (χ0n) is 19.0. The Bertz CT molecular complexity index is 1090. The van der Waals surface area contributed by atoms with Gasteiger partial charge in [-0.3, -0.25) is 9.59 Å². The van der Waals surface area contributed by atoms with Crippen LogP contribution in [0.5, 0.6) is 0 Å². The summed E-state index contributed by atoms with van der Waals surface area (Å²) in [6, 6.07) is 19.9. The number of aromatic nitrogens is 2. The molecule has 1 saturated heterocycles. The molecule has 0 saturated carbocycles. The van der Waals surface area contributed by atoms with Gasteiger partial charge in [0.2, 0.25) is 5.91 Å². The smallest absolute Gasteiger partial charge is 0.254 e. The lowest BCUT2D eigenvalue weighted by Gasteiger charge is -2.32. The van der Waals surface area contributed by atoms with Crippen molar-refractivity contribution in [3.05, 3.63) is 95.1 Å². The Kier molecular flexibility index (Phi) is 7.45. The number of carbonyl (C=O) groups is 2. The highest BCUT2D eigenvalue weighted by atomic mass is 16.2. The minimum atomic E-state index is -0.177. The van der Waals surface area contributed by atoms with Crippen LogP contribution in [0.25, 0.3) is 0 Å². The minimum Gasteiger partial charge on any atom is -0.348 e. The summed E-state index contributed by atoms with van der Waals surface area (Å²) in [6.45, 7) is 3.72. The maximum Gasteiger partial charge on any atom is 0.254 e. The van der Waals surface area contributed by atoms with Crippen LogP contribution < -0.4 is 5.32 Å². The van der Waals surface area contributed by atoms with Gasteiger partial charge in [0.25, 0.3) is 5.91 Å². The molecule has 1 aromatic heterocycles. The second kappa shape index (κ2) is 10.9. The van der Waals surface area contributed by atoms with Gasteiger partial charge >= 0.3 is 0 Å². The average molecular weight is 443 g/mol. The number of hydrogen-bond donors (Lipinski definition) is 1. The number of likely N-dealkylation sites (tertiary alicyclic amines) is 1. The van der Waals surface area contributed by atoms with Crippen LogP contribution in [0.2, 0.25) is 0 Å². The number of hydrogen-bond acceptors (Lipinski definition) is 4. The van der Waals surface area contributed by atoms with E-state index in [4.69, 9.17) is 0 Å². The molecule has 0 aliphatic carbocycles. The van der Waals surface area contributed by atoms with Crippen LogP contribution in [-0.4, -0.2) is 39.8 Å². The first-order valence-electron chi connectivity index (χ1n) is 11.6. The Morgan fingerprint density at radius 2 is 1.73 bits per heavy atom. The number of aryl methyl sites for hydroxylation is 2. The van der Waals surface area contributed by atoms with Gasteiger partial charge in [-0.15, -0.1) is 0 Å². The number of nitrogens with one attached hydrogen (secondary N) is 1. The van der Waals surface area contributed by atoms with Crippen molar-refractivity contribution in [1.82, 2.24) is 20.2 Å². The van der Waals surface area contributed by atoms with Crippen molar-refractivity contribution in [3.8, 4) is 0 Å². The van der Waals surface area contributed by atoms with Gasteiger partial charge in [-0.1, -0.05) is 60.7 Å². The quantitative estimate of drug-likeness (QED) is 0.599. The van der Waals surface area contributed by atoms with E-state index in [1.165, 1.54) is 5.56 Å². The largest absolute Gasteiger partial charge is 0.348 e. The molecule has 6 heteroatoms. The molecule has 1 atom stereocenters. The molecule has 33 heavy (non-hydrogen) atoms. The van der Waals surface area contributed by atoms with E-state index in [1.54, 1.807) is 6.20 Å². The standard InChI is InChI=1S/C27H30N4O2/c1-20-24(27(33)29-17-22-11-6-3-7-12-22)18-28-26(30-20)23-13-8-16-31(19-23)25(32)15-14-21-9-4-2-5-10-21/h2-7,9-12,18,23H,8,13-17,19H2,1H3,(H,29,33). The van der Waals surface area contributed by atoms with E-state index in [1.807, 2.05) is 60.4 Å². The molecular weight excluding hydrogens is 412 g/mol. The topological polar surface area (TPSA) is 75.2 Å². The number of rotatable bonds is 7. The summed E-state index contributed by atoms with van der Waals surface area (Å²) < 4.78 is 0. The third-order valence-corrected chi connectivity index (χ3v) is 6.15. The van der Waals surface area contributed by atoms with E-state index in [9.17, 15) is 9.59 Å². The number of nitrogens with zero attached hydrogens (tertiary/aromatic N) is 3. The predicted molar refractivity (Wildman–Crippen MR) is 128 cm³/mol. The molecule has 1 fully saturated rings. The zero-order valence-corrected chi connectivity index (χ0v) is 19.0. The van der Waals surface area contributed by atoms with Gasteiger partial charge in [-0.05, 0) is 37.3 Å². The second-order valence-electron chi connectivity index (χ2n) is 8.56. The second-order valence-corrected chi connectivity index (χ2v) is 8.56. The van der Waals surface area contributed by atoms with Gasteiger partial charge in [0.05, 0.1) is 11.3 Å². The fraction of sp³-hybridized carbons (Fsp3) is 0.333. The van der Waals surface area contributed by atoms with Gasteiger partial charge in [0, 0.05) is 38.2 Å². The molecule has 2 heterocycles. The van der Waals surface area contributed by atoms with Crippen molar-refractivity contribution in [2.24, 2.45) is 0 Å². The van der Waals surface area contributed by atoms with Crippen molar-refractivity contribution in [1.29, 1.82) is 0 Å². The van der Waals surface area contributed by atoms with Crippen molar-refractivity contribution in [2.45, 2.75) is 45.1 Å². The summed E-state index contributed by atoms with van der Waals surface area (Å²) in [5.74, 6) is 0.814. The van der Waals surface area contributed by atoms with E-state index in [-0.39, 0.29) is 17.7 Å². The Morgan fingerprint density at radius 1 is 1.03 bits per heavy atom. The van der Waals surface area contributed by atoms with Crippen molar-refractivity contribution >= 4 is 11.8 Å². The summed E-state index contributed by atoms with van der Waals surface area (Å²) >= 11 is 0. The van der Waals surface area contributed by atoms with Crippen LogP contribution in [0, 0.1) is 6.92 Å². The molecule has 0 spiro atoms. The molecule has 0 bridgehead atoms. The molecule has 1 aliphatic heterocycles. The van der Waals surface area contributed by atoms with Crippen molar-refractivity contribution in [2.75, 3.05) is 13.1 Å². The molecule has 170 valence electrons. The fourth-order valence-corrected chi connectivity index (χ4v) is 4.25. The van der Waals surface area contributed by atoms with Crippen LogP contribution in [0.4, 0.5) is 0 Å². The van der Waals surface area contributed by atoms with E-state index >= 15 is 0 Å². The van der Waals surface area contributed by atoms with Gasteiger partial charge < -0.3 is 10.2 Å². The monoisotopic (exact) mass is 442 g/mol. The maximum atomic E-state index is 12.8. The average Bonchev–Trinajstić information content (AvgIpc) is 2.87. The zero-order chi connectivity index (χ0) is 23.0. The Balaban J connectivity index is 1.34. The summed E-state index contributed by atoms with van der Waals surface area (Å²) in [5.41, 5.74) is 3.37. The predicted octanol–water partition coefficient (Wildman–Crippen LogP) is 4.05. The first-order valence-corrected chi connectivity index (χ1v) is 11.6. The first kappa shape index (κ1) is 22.6. The highest BCUT2D eigenvalue weighted by molar-refractivity contribution is 5.94.